The van der Waals surface area contributed by atoms with Gasteiger partial charge in [0.15, 0.2) is 23.3 Å². The first-order valence-electron chi connectivity index (χ1n) is 6.31. The SMILES string of the molecule is CCCNCCc1ncc(-c2ccc(F)c(F)c2)o1. The molecule has 0 aliphatic rings. The van der Waals surface area contributed by atoms with E-state index in [9.17, 15) is 8.78 Å². The van der Waals surface area contributed by atoms with Crippen LogP contribution in [0.3, 0.4) is 0 Å². The van der Waals surface area contributed by atoms with Crippen LogP contribution in [0.5, 0.6) is 0 Å². The van der Waals surface area contributed by atoms with Crippen molar-refractivity contribution in [3.05, 3.63) is 41.9 Å². The van der Waals surface area contributed by atoms with Crippen molar-refractivity contribution in [3.8, 4) is 11.3 Å². The Labute approximate surface area is 110 Å². The highest BCUT2D eigenvalue weighted by atomic mass is 19.2. The molecule has 2 rings (SSSR count). The minimum absolute atomic E-state index is 0.449. The van der Waals surface area contributed by atoms with Crippen LogP contribution in [0.15, 0.2) is 28.8 Å². The van der Waals surface area contributed by atoms with Gasteiger partial charge in [-0.3, -0.25) is 0 Å². The molecule has 19 heavy (non-hydrogen) atoms. The van der Waals surface area contributed by atoms with Crippen LogP contribution in [0, 0.1) is 11.6 Å². The molecule has 0 aliphatic heterocycles. The van der Waals surface area contributed by atoms with Crippen LogP contribution in [0.4, 0.5) is 8.78 Å². The number of benzene rings is 1. The largest absolute Gasteiger partial charge is 0.441 e. The molecular formula is C14H16F2N2O. The van der Waals surface area contributed by atoms with Crippen molar-refractivity contribution in [2.45, 2.75) is 19.8 Å². The minimum Gasteiger partial charge on any atom is -0.441 e. The fraction of sp³-hybridized carbons (Fsp3) is 0.357. The molecule has 0 saturated carbocycles. The van der Waals surface area contributed by atoms with E-state index in [-0.39, 0.29) is 0 Å². The Balaban J connectivity index is 2.01. The van der Waals surface area contributed by atoms with Crippen molar-refractivity contribution in [1.82, 2.24) is 10.3 Å². The smallest absolute Gasteiger partial charge is 0.196 e. The second kappa shape index (κ2) is 6.43. The molecule has 1 N–H and O–H groups in total. The van der Waals surface area contributed by atoms with Gasteiger partial charge in [-0.1, -0.05) is 6.92 Å². The average Bonchev–Trinajstić information content (AvgIpc) is 2.87. The Morgan fingerprint density at radius 2 is 2.05 bits per heavy atom. The van der Waals surface area contributed by atoms with E-state index in [1.165, 1.54) is 12.3 Å². The zero-order valence-electron chi connectivity index (χ0n) is 10.7. The van der Waals surface area contributed by atoms with Gasteiger partial charge in [0.05, 0.1) is 6.20 Å². The number of hydrogen-bond acceptors (Lipinski definition) is 3. The first kappa shape index (κ1) is 13.7. The summed E-state index contributed by atoms with van der Waals surface area (Å²) in [6.07, 6.45) is 3.27. The summed E-state index contributed by atoms with van der Waals surface area (Å²) in [6, 6.07) is 3.66. The molecule has 0 saturated heterocycles. The van der Waals surface area contributed by atoms with Crippen molar-refractivity contribution >= 4 is 0 Å². The summed E-state index contributed by atoms with van der Waals surface area (Å²) in [4.78, 5) is 4.12. The lowest BCUT2D eigenvalue weighted by molar-refractivity contribution is 0.491. The molecular weight excluding hydrogens is 250 g/mol. The Hall–Kier alpha value is -1.75. The van der Waals surface area contributed by atoms with Crippen LogP contribution in [-0.4, -0.2) is 18.1 Å². The van der Waals surface area contributed by atoms with E-state index >= 15 is 0 Å². The zero-order chi connectivity index (χ0) is 13.7. The summed E-state index contributed by atoms with van der Waals surface area (Å²) < 4.78 is 31.4. The second-order valence-electron chi connectivity index (χ2n) is 4.25. The van der Waals surface area contributed by atoms with E-state index in [2.05, 4.69) is 17.2 Å². The van der Waals surface area contributed by atoms with Crippen LogP contribution in [0.2, 0.25) is 0 Å². The number of oxazole rings is 1. The lowest BCUT2D eigenvalue weighted by Crippen LogP contribution is -2.17. The summed E-state index contributed by atoms with van der Waals surface area (Å²) in [5.74, 6) is -0.722. The Kier molecular flexibility index (Phi) is 4.63. The monoisotopic (exact) mass is 266 g/mol. The van der Waals surface area contributed by atoms with Gasteiger partial charge < -0.3 is 9.73 Å². The molecule has 1 aromatic heterocycles. The average molecular weight is 266 g/mol. The van der Waals surface area contributed by atoms with Crippen molar-refractivity contribution in [2.24, 2.45) is 0 Å². The minimum atomic E-state index is -0.889. The third-order valence-corrected chi connectivity index (χ3v) is 2.70. The van der Waals surface area contributed by atoms with Gasteiger partial charge in [0.2, 0.25) is 0 Å². The molecule has 2 aromatic rings. The molecule has 1 aromatic carbocycles. The summed E-state index contributed by atoms with van der Waals surface area (Å²) in [5, 5.41) is 3.24. The molecule has 1 heterocycles. The molecule has 3 nitrogen and oxygen atoms in total. The van der Waals surface area contributed by atoms with Gasteiger partial charge in [-0.25, -0.2) is 13.8 Å². The van der Waals surface area contributed by atoms with Crippen molar-refractivity contribution in [2.75, 3.05) is 13.1 Å². The highest BCUT2D eigenvalue weighted by Crippen LogP contribution is 2.22. The number of halogens is 2. The lowest BCUT2D eigenvalue weighted by Gasteiger charge is -2.00. The Morgan fingerprint density at radius 3 is 2.79 bits per heavy atom. The predicted octanol–water partition coefficient (Wildman–Crippen LogP) is 3.16. The zero-order valence-corrected chi connectivity index (χ0v) is 10.7. The third kappa shape index (κ3) is 3.61. The number of aromatic nitrogens is 1. The van der Waals surface area contributed by atoms with Gasteiger partial charge in [-0.15, -0.1) is 0 Å². The number of hydrogen-bond donors (Lipinski definition) is 1. The first-order valence-corrected chi connectivity index (χ1v) is 6.31. The standard InChI is InChI=1S/C14H16F2N2O/c1-2-6-17-7-5-14-18-9-13(19-14)10-3-4-11(15)12(16)8-10/h3-4,8-9,17H,2,5-7H2,1H3. The van der Waals surface area contributed by atoms with Crippen LogP contribution < -0.4 is 5.32 Å². The molecule has 0 fully saturated rings. The highest BCUT2D eigenvalue weighted by molar-refractivity contribution is 5.56. The lowest BCUT2D eigenvalue weighted by atomic mass is 10.2. The van der Waals surface area contributed by atoms with Crippen LogP contribution in [-0.2, 0) is 6.42 Å². The van der Waals surface area contributed by atoms with E-state index in [1.807, 2.05) is 0 Å². The predicted molar refractivity (Wildman–Crippen MR) is 68.7 cm³/mol. The molecule has 0 spiro atoms. The summed E-state index contributed by atoms with van der Waals surface area (Å²) in [5.41, 5.74) is 0.485. The molecule has 102 valence electrons. The first-order chi connectivity index (χ1) is 9.20. The maximum absolute atomic E-state index is 13.1. The van der Waals surface area contributed by atoms with Crippen molar-refractivity contribution in [1.29, 1.82) is 0 Å². The summed E-state index contributed by atoms with van der Waals surface area (Å²) >= 11 is 0. The molecule has 0 aliphatic carbocycles. The fourth-order valence-electron chi connectivity index (χ4n) is 1.71. The molecule has 0 unspecified atom stereocenters. The van der Waals surface area contributed by atoms with Gasteiger partial charge in [0.25, 0.3) is 0 Å². The Bertz CT molecular complexity index is 540. The van der Waals surface area contributed by atoms with Crippen molar-refractivity contribution in [3.63, 3.8) is 0 Å². The number of rotatable bonds is 6. The maximum atomic E-state index is 13.1. The molecule has 0 amide bonds. The van der Waals surface area contributed by atoms with E-state index in [0.29, 0.717) is 23.6 Å². The molecule has 0 radical (unpaired) electrons. The van der Waals surface area contributed by atoms with Gasteiger partial charge >= 0.3 is 0 Å². The number of nitrogens with one attached hydrogen (secondary N) is 1. The van der Waals surface area contributed by atoms with E-state index < -0.39 is 11.6 Å². The van der Waals surface area contributed by atoms with E-state index in [4.69, 9.17) is 4.42 Å². The topological polar surface area (TPSA) is 38.1 Å². The van der Waals surface area contributed by atoms with Gasteiger partial charge in [-0.2, -0.15) is 0 Å². The fourth-order valence-corrected chi connectivity index (χ4v) is 1.71. The number of nitrogens with zero attached hydrogens (tertiary/aromatic N) is 1. The molecule has 0 bridgehead atoms. The second-order valence-corrected chi connectivity index (χ2v) is 4.25. The van der Waals surface area contributed by atoms with Crippen LogP contribution >= 0.6 is 0 Å². The summed E-state index contributed by atoms with van der Waals surface area (Å²) in [7, 11) is 0. The maximum Gasteiger partial charge on any atom is 0.196 e. The third-order valence-electron chi connectivity index (χ3n) is 2.70. The molecule has 5 heteroatoms. The van der Waals surface area contributed by atoms with E-state index in [1.54, 1.807) is 0 Å². The van der Waals surface area contributed by atoms with Gasteiger partial charge in [0, 0.05) is 18.5 Å². The highest BCUT2D eigenvalue weighted by Gasteiger charge is 2.09. The quantitative estimate of drug-likeness (QED) is 0.816. The normalized spacial score (nSPS) is 10.9. The summed E-state index contributed by atoms with van der Waals surface area (Å²) in [6.45, 7) is 3.83. The van der Waals surface area contributed by atoms with Crippen LogP contribution in [0.1, 0.15) is 19.2 Å². The van der Waals surface area contributed by atoms with Gasteiger partial charge in [-0.05, 0) is 31.2 Å². The Morgan fingerprint density at radius 1 is 1.21 bits per heavy atom. The van der Waals surface area contributed by atoms with Gasteiger partial charge in [0.1, 0.15) is 0 Å². The van der Waals surface area contributed by atoms with E-state index in [0.717, 1.165) is 31.6 Å². The van der Waals surface area contributed by atoms with Crippen molar-refractivity contribution < 1.29 is 13.2 Å². The van der Waals surface area contributed by atoms with Crippen LogP contribution in [0.25, 0.3) is 11.3 Å². The molecule has 0 atom stereocenters.